The van der Waals surface area contributed by atoms with Gasteiger partial charge in [-0.25, -0.2) is 0 Å². The van der Waals surface area contributed by atoms with Crippen molar-refractivity contribution in [2.45, 2.75) is 11.4 Å². The maximum absolute atomic E-state index is 12.3. The van der Waals surface area contributed by atoms with Crippen LogP contribution in [0.15, 0.2) is 53.4 Å². The van der Waals surface area contributed by atoms with Crippen molar-refractivity contribution in [3.8, 4) is 5.75 Å². The van der Waals surface area contributed by atoms with Gasteiger partial charge in [-0.2, -0.15) is 0 Å². The summed E-state index contributed by atoms with van der Waals surface area (Å²) in [6, 6.07) is 15.3. The van der Waals surface area contributed by atoms with Crippen LogP contribution in [-0.2, 0) is 11.3 Å². The van der Waals surface area contributed by atoms with Crippen molar-refractivity contribution in [3.63, 3.8) is 0 Å². The minimum Gasteiger partial charge on any atom is -0.483 e. The molecule has 2 aromatic rings. The SMILES string of the molecule is O=C(COc1ccccc1S)N1CCN(Cc2ccc(Cl)cc2)CC1. The molecule has 0 N–H and O–H groups in total. The monoisotopic (exact) mass is 376 g/mol. The number of ether oxygens (including phenoxy) is 1. The largest absolute Gasteiger partial charge is 0.483 e. The lowest BCUT2D eigenvalue weighted by atomic mass is 10.2. The van der Waals surface area contributed by atoms with Crippen LogP contribution in [0.5, 0.6) is 5.75 Å². The molecule has 1 saturated heterocycles. The zero-order valence-corrected chi connectivity index (χ0v) is 15.5. The molecule has 1 fully saturated rings. The lowest BCUT2D eigenvalue weighted by Gasteiger charge is -2.34. The third kappa shape index (κ3) is 5.14. The van der Waals surface area contributed by atoms with E-state index >= 15 is 0 Å². The number of carbonyl (C=O) groups excluding carboxylic acids is 1. The number of amides is 1. The van der Waals surface area contributed by atoms with E-state index in [1.54, 1.807) is 0 Å². The Labute approximate surface area is 158 Å². The second-order valence-corrected chi connectivity index (χ2v) is 6.96. The molecule has 1 heterocycles. The number of piperazine rings is 1. The van der Waals surface area contributed by atoms with Gasteiger partial charge in [-0.05, 0) is 29.8 Å². The molecule has 1 aliphatic rings. The Balaban J connectivity index is 1.44. The first-order chi connectivity index (χ1) is 12.1. The van der Waals surface area contributed by atoms with Crippen LogP contribution in [0, 0.1) is 0 Å². The van der Waals surface area contributed by atoms with Crippen LogP contribution in [-0.4, -0.2) is 48.5 Å². The van der Waals surface area contributed by atoms with Gasteiger partial charge in [-0.1, -0.05) is 35.9 Å². The van der Waals surface area contributed by atoms with Gasteiger partial charge in [0.1, 0.15) is 5.75 Å². The van der Waals surface area contributed by atoms with E-state index in [9.17, 15) is 4.79 Å². The number of benzene rings is 2. The summed E-state index contributed by atoms with van der Waals surface area (Å²) in [6.45, 7) is 4.09. The number of nitrogens with zero attached hydrogens (tertiary/aromatic N) is 2. The Morgan fingerprint density at radius 1 is 1.04 bits per heavy atom. The highest BCUT2D eigenvalue weighted by atomic mass is 35.5. The molecule has 4 nitrogen and oxygen atoms in total. The Bertz CT molecular complexity index is 716. The summed E-state index contributed by atoms with van der Waals surface area (Å²) >= 11 is 10.2. The normalized spacial score (nSPS) is 15.2. The third-order valence-electron chi connectivity index (χ3n) is 4.26. The van der Waals surface area contributed by atoms with Crippen LogP contribution >= 0.6 is 24.2 Å². The Kier molecular flexibility index (Phi) is 6.24. The number of hydrogen-bond donors (Lipinski definition) is 1. The summed E-state index contributed by atoms with van der Waals surface area (Å²) < 4.78 is 5.59. The van der Waals surface area contributed by atoms with E-state index in [4.69, 9.17) is 16.3 Å². The van der Waals surface area contributed by atoms with E-state index in [0.717, 1.165) is 42.6 Å². The number of hydrogen-bond acceptors (Lipinski definition) is 4. The van der Waals surface area contributed by atoms with Gasteiger partial charge in [0.25, 0.3) is 5.91 Å². The Morgan fingerprint density at radius 3 is 2.40 bits per heavy atom. The summed E-state index contributed by atoms with van der Waals surface area (Å²) in [7, 11) is 0. The first kappa shape index (κ1) is 18.1. The predicted octanol–water partition coefficient (Wildman–Crippen LogP) is 3.35. The summed E-state index contributed by atoms with van der Waals surface area (Å²) in [4.78, 5) is 17.3. The van der Waals surface area contributed by atoms with E-state index in [2.05, 4.69) is 17.5 Å². The smallest absolute Gasteiger partial charge is 0.260 e. The van der Waals surface area contributed by atoms with Gasteiger partial charge < -0.3 is 9.64 Å². The summed E-state index contributed by atoms with van der Waals surface area (Å²) in [5.41, 5.74) is 1.23. The van der Waals surface area contributed by atoms with Gasteiger partial charge in [-0.3, -0.25) is 9.69 Å². The van der Waals surface area contributed by atoms with Crippen molar-refractivity contribution in [3.05, 3.63) is 59.1 Å². The lowest BCUT2D eigenvalue weighted by molar-refractivity contribution is -0.135. The molecule has 0 bridgehead atoms. The third-order valence-corrected chi connectivity index (χ3v) is 4.88. The fourth-order valence-electron chi connectivity index (χ4n) is 2.81. The van der Waals surface area contributed by atoms with Gasteiger partial charge in [0.05, 0.1) is 0 Å². The standard InChI is InChI=1S/C19H21ClN2O2S/c20-16-7-5-15(6-8-16)13-21-9-11-22(12-10-21)19(23)14-24-17-3-1-2-4-18(17)25/h1-8,25H,9-14H2. The average Bonchev–Trinajstić information content (AvgIpc) is 2.63. The van der Waals surface area contributed by atoms with E-state index in [1.807, 2.05) is 53.4 Å². The second-order valence-electron chi connectivity index (χ2n) is 6.04. The topological polar surface area (TPSA) is 32.8 Å². The maximum atomic E-state index is 12.3. The summed E-state index contributed by atoms with van der Waals surface area (Å²) in [5.74, 6) is 0.656. The van der Waals surface area contributed by atoms with Crippen LogP contribution in [0.1, 0.15) is 5.56 Å². The minimum absolute atomic E-state index is 0.0164. The number of carbonyl (C=O) groups is 1. The Morgan fingerprint density at radius 2 is 1.72 bits per heavy atom. The van der Waals surface area contributed by atoms with Gasteiger partial charge >= 0.3 is 0 Å². The van der Waals surface area contributed by atoms with E-state index in [0.29, 0.717) is 5.75 Å². The van der Waals surface area contributed by atoms with Crippen LogP contribution in [0.4, 0.5) is 0 Å². The van der Waals surface area contributed by atoms with Crippen LogP contribution < -0.4 is 4.74 Å². The summed E-state index contributed by atoms with van der Waals surface area (Å²) in [5, 5.41) is 0.752. The number of para-hydroxylation sites is 1. The highest BCUT2D eigenvalue weighted by Gasteiger charge is 2.21. The van der Waals surface area contributed by atoms with Gasteiger partial charge in [0.2, 0.25) is 0 Å². The molecule has 0 saturated carbocycles. The van der Waals surface area contributed by atoms with E-state index in [1.165, 1.54) is 5.56 Å². The molecular weight excluding hydrogens is 356 g/mol. The van der Waals surface area contributed by atoms with Crippen molar-refractivity contribution in [1.29, 1.82) is 0 Å². The minimum atomic E-state index is 0.0164. The average molecular weight is 377 g/mol. The van der Waals surface area contributed by atoms with Crippen LogP contribution in [0.25, 0.3) is 0 Å². The molecule has 0 radical (unpaired) electrons. The first-order valence-corrected chi connectivity index (χ1v) is 9.10. The van der Waals surface area contributed by atoms with Crippen LogP contribution in [0.2, 0.25) is 5.02 Å². The van der Waals surface area contributed by atoms with Crippen molar-refractivity contribution in [2.24, 2.45) is 0 Å². The highest BCUT2D eigenvalue weighted by Crippen LogP contribution is 2.21. The van der Waals surface area contributed by atoms with Gasteiger partial charge in [-0.15, -0.1) is 12.6 Å². The predicted molar refractivity (Wildman–Crippen MR) is 102 cm³/mol. The molecule has 0 spiro atoms. The molecule has 132 valence electrons. The molecule has 0 aromatic heterocycles. The zero-order chi connectivity index (χ0) is 17.6. The zero-order valence-electron chi connectivity index (χ0n) is 13.9. The highest BCUT2D eigenvalue weighted by molar-refractivity contribution is 7.80. The van der Waals surface area contributed by atoms with Gasteiger partial charge in [0, 0.05) is 42.6 Å². The molecule has 1 aliphatic heterocycles. The van der Waals surface area contributed by atoms with Crippen molar-refractivity contribution in [2.75, 3.05) is 32.8 Å². The number of thiol groups is 1. The molecule has 3 rings (SSSR count). The fraction of sp³-hybridized carbons (Fsp3) is 0.316. The van der Waals surface area contributed by atoms with Crippen molar-refractivity contribution < 1.29 is 9.53 Å². The fourth-order valence-corrected chi connectivity index (χ4v) is 3.16. The molecule has 6 heteroatoms. The first-order valence-electron chi connectivity index (χ1n) is 8.27. The summed E-state index contributed by atoms with van der Waals surface area (Å²) in [6.07, 6.45) is 0. The Hall–Kier alpha value is -1.69. The molecule has 2 aromatic carbocycles. The van der Waals surface area contributed by atoms with Gasteiger partial charge in [0.15, 0.2) is 6.61 Å². The second kappa shape index (κ2) is 8.61. The molecular formula is C19H21ClN2O2S. The number of halogens is 1. The van der Waals surface area contributed by atoms with Crippen molar-refractivity contribution >= 4 is 30.1 Å². The lowest BCUT2D eigenvalue weighted by Crippen LogP contribution is -2.49. The van der Waals surface area contributed by atoms with E-state index in [-0.39, 0.29) is 12.5 Å². The number of rotatable bonds is 5. The van der Waals surface area contributed by atoms with Crippen LogP contribution in [0.3, 0.4) is 0 Å². The molecule has 0 aliphatic carbocycles. The quantitative estimate of drug-likeness (QED) is 0.812. The van der Waals surface area contributed by atoms with E-state index < -0.39 is 0 Å². The maximum Gasteiger partial charge on any atom is 0.260 e. The molecule has 0 unspecified atom stereocenters. The molecule has 25 heavy (non-hydrogen) atoms. The molecule has 0 atom stereocenters. The molecule has 1 amide bonds. The van der Waals surface area contributed by atoms with Crippen molar-refractivity contribution in [1.82, 2.24) is 9.80 Å².